The van der Waals surface area contributed by atoms with Crippen molar-refractivity contribution in [2.45, 2.75) is 39.7 Å². The zero-order chi connectivity index (χ0) is 23.0. The standard InChI is InChI=1S/C28H31N3O2/c1-21-11-8-16-26(22(21)2)33-20-10-19-31-25-15-7-6-14-24(25)30-27(31)17-9-18-29-28(32)23-12-4-3-5-13-23/h3-8,11-16H,9-10,17-20H2,1-2H3,(H,29,32). The molecule has 5 nitrogen and oxygen atoms in total. The molecule has 1 N–H and O–H groups in total. The lowest BCUT2D eigenvalue weighted by Crippen LogP contribution is -2.24. The van der Waals surface area contributed by atoms with Crippen LogP contribution < -0.4 is 10.1 Å². The van der Waals surface area contributed by atoms with Gasteiger partial charge < -0.3 is 14.6 Å². The van der Waals surface area contributed by atoms with E-state index in [1.807, 2.05) is 48.5 Å². The first-order valence-corrected chi connectivity index (χ1v) is 11.6. The lowest BCUT2D eigenvalue weighted by molar-refractivity contribution is 0.0953. The molecule has 170 valence electrons. The maximum atomic E-state index is 12.3. The van der Waals surface area contributed by atoms with E-state index < -0.39 is 0 Å². The highest BCUT2D eigenvalue weighted by Gasteiger charge is 2.11. The number of nitrogens with zero attached hydrogens (tertiary/aromatic N) is 2. The molecular formula is C28H31N3O2. The second kappa shape index (κ2) is 10.8. The molecule has 0 radical (unpaired) electrons. The van der Waals surface area contributed by atoms with Gasteiger partial charge in [0.25, 0.3) is 5.91 Å². The minimum atomic E-state index is -0.0345. The summed E-state index contributed by atoms with van der Waals surface area (Å²) in [5, 5.41) is 3.01. The first kappa shape index (κ1) is 22.6. The topological polar surface area (TPSA) is 56.1 Å². The van der Waals surface area contributed by atoms with Gasteiger partial charge in [0, 0.05) is 25.1 Å². The number of fused-ring (bicyclic) bond motifs is 1. The Bertz CT molecular complexity index is 1210. The molecule has 3 aromatic carbocycles. The Morgan fingerprint density at radius 2 is 1.73 bits per heavy atom. The molecule has 0 saturated heterocycles. The second-order valence-electron chi connectivity index (χ2n) is 8.29. The lowest BCUT2D eigenvalue weighted by atomic mass is 10.1. The minimum Gasteiger partial charge on any atom is -0.493 e. The fourth-order valence-electron chi connectivity index (χ4n) is 3.99. The molecule has 1 heterocycles. The largest absolute Gasteiger partial charge is 0.493 e. The van der Waals surface area contributed by atoms with Gasteiger partial charge in [-0.05, 0) is 68.1 Å². The molecule has 1 amide bonds. The summed E-state index contributed by atoms with van der Waals surface area (Å²) in [6.07, 6.45) is 2.54. The van der Waals surface area contributed by atoms with Crippen molar-refractivity contribution < 1.29 is 9.53 Å². The maximum absolute atomic E-state index is 12.3. The number of imidazole rings is 1. The van der Waals surface area contributed by atoms with Crippen LogP contribution >= 0.6 is 0 Å². The third-order valence-corrected chi connectivity index (χ3v) is 5.97. The highest BCUT2D eigenvalue weighted by Crippen LogP contribution is 2.21. The number of benzene rings is 3. The number of amides is 1. The molecule has 4 rings (SSSR count). The van der Waals surface area contributed by atoms with Crippen LogP contribution in [-0.2, 0) is 13.0 Å². The Hall–Kier alpha value is -3.60. The van der Waals surface area contributed by atoms with Crippen molar-refractivity contribution in [3.8, 4) is 5.75 Å². The van der Waals surface area contributed by atoms with Crippen molar-refractivity contribution in [3.63, 3.8) is 0 Å². The fraction of sp³-hybridized carbons (Fsp3) is 0.286. The molecule has 5 heteroatoms. The van der Waals surface area contributed by atoms with Gasteiger partial charge in [0.2, 0.25) is 0 Å². The highest BCUT2D eigenvalue weighted by atomic mass is 16.5. The van der Waals surface area contributed by atoms with E-state index in [9.17, 15) is 4.79 Å². The van der Waals surface area contributed by atoms with Gasteiger partial charge in [0.05, 0.1) is 17.6 Å². The van der Waals surface area contributed by atoms with Crippen molar-refractivity contribution in [3.05, 3.63) is 95.3 Å². The molecule has 0 atom stereocenters. The molecule has 0 fully saturated rings. The Kier molecular flexibility index (Phi) is 7.40. The summed E-state index contributed by atoms with van der Waals surface area (Å²) in [7, 11) is 0. The molecule has 0 aliphatic heterocycles. The van der Waals surface area contributed by atoms with E-state index in [2.05, 4.69) is 48.0 Å². The third-order valence-electron chi connectivity index (χ3n) is 5.97. The molecule has 4 aromatic rings. The second-order valence-corrected chi connectivity index (χ2v) is 8.29. The van der Waals surface area contributed by atoms with E-state index in [4.69, 9.17) is 9.72 Å². The zero-order valence-electron chi connectivity index (χ0n) is 19.4. The fourth-order valence-corrected chi connectivity index (χ4v) is 3.99. The Morgan fingerprint density at radius 1 is 0.939 bits per heavy atom. The van der Waals surface area contributed by atoms with E-state index in [1.165, 1.54) is 11.1 Å². The van der Waals surface area contributed by atoms with E-state index >= 15 is 0 Å². The average molecular weight is 442 g/mol. The van der Waals surface area contributed by atoms with E-state index in [1.54, 1.807) is 0 Å². The van der Waals surface area contributed by atoms with Gasteiger partial charge in [-0.3, -0.25) is 4.79 Å². The Balaban J connectivity index is 1.34. The van der Waals surface area contributed by atoms with Crippen LogP contribution in [0, 0.1) is 13.8 Å². The van der Waals surface area contributed by atoms with E-state index in [0.717, 1.165) is 48.4 Å². The number of rotatable bonds is 10. The number of hydrogen-bond donors (Lipinski definition) is 1. The number of para-hydroxylation sites is 2. The van der Waals surface area contributed by atoms with Crippen LogP contribution in [0.15, 0.2) is 72.8 Å². The summed E-state index contributed by atoms with van der Waals surface area (Å²) >= 11 is 0. The molecule has 0 unspecified atom stereocenters. The highest BCUT2D eigenvalue weighted by molar-refractivity contribution is 5.94. The van der Waals surface area contributed by atoms with Crippen molar-refractivity contribution in [1.29, 1.82) is 0 Å². The quantitative estimate of drug-likeness (QED) is 0.331. The maximum Gasteiger partial charge on any atom is 0.251 e. The lowest BCUT2D eigenvalue weighted by Gasteiger charge is -2.13. The normalized spacial score (nSPS) is 11.0. The SMILES string of the molecule is Cc1cccc(OCCCn2c(CCCNC(=O)c3ccccc3)nc3ccccc32)c1C. The van der Waals surface area contributed by atoms with Gasteiger partial charge in [0.1, 0.15) is 11.6 Å². The Labute approximate surface area is 195 Å². The van der Waals surface area contributed by atoms with Crippen molar-refractivity contribution in [1.82, 2.24) is 14.9 Å². The Morgan fingerprint density at radius 3 is 2.58 bits per heavy atom. The number of carbonyl (C=O) groups excluding carboxylic acids is 1. The molecular weight excluding hydrogens is 410 g/mol. The first-order chi connectivity index (χ1) is 16.1. The number of ether oxygens (including phenoxy) is 1. The van der Waals surface area contributed by atoms with Crippen LogP contribution in [-0.4, -0.2) is 28.6 Å². The summed E-state index contributed by atoms with van der Waals surface area (Å²) in [6, 6.07) is 23.7. The average Bonchev–Trinajstić information content (AvgIpc) is 3.20. The monoisotopic (exact) mass is 441 g/mol. The summed E-state index contributed by atoms with van der Waals surface area (Å²) in [5.41, 5.74) is 5.29. The number of nitrogens with one attached hydrogen (secondary N) is 1. The molecule has 0 spiro atoms. The van der Waals surface area contributed by atoms with Gasteiger partial charge in [-0.2, -0.15) is 0 Å². The molecule has 33 heavy (non-hydrogen) atoms. The summed E-state index contributed by atoms with van der Waals surface area (Å²) in [4.78, 5) is 17.1. The third kappa shape index (κ3) is 5.61. The molecule has 0 bridgehead atoms. The number of aromatic nitrogens is 2. The van der Waals surface area contributed by atoms with Crippen LogP contribution in [0.25, 0.3) is 11.0 Å². The summed E-state index contributed by atoms with van der Waals surface area (Å²) in [6.45, 7) is 6.32. The van der Waals surface area contributed by atoms with Crippen LogP contribution in [0.3, 0.4) is 0 Å². The van der Waals surface area contributed by atoms with Crippen LogP contribution in [0.4, 0.5) is 0 Å². The molecule has 1 aromatic heterocycles. The first-order valence-electron chi connectivity index (χ1n) is 11.6. The van der Waals surface area contributed by atoms with E-state index in [0.29, 0.717) is 18.7 Å². The van der Waals surface area contributed by atoms with E-state index in [-0.39, 0.29) is 5.91 Å². The molecule has 0 saturated carbocycles. The van der Waals surface area contributed by atoms with Crippen molar-refractivity contribution >= 4 is 16.9 Å². The van der Waals surface area contributed by atoms with Crippen LogP contribution in [0.2, 0.25) is 0 Å². The van der Waals surface area contributed by atoms with Crippen molar-refractivity contribution in [2.75, 3.05) is 13.2 Å². The number of hydrogen-bond acceptors (Lipinski definition) is 3. The van der Waals surface area contributed by atoms with Gasteiger partial charge in [-0.25, -0.2) is 4.98 Å². The van der Waals surface area contributed by atoms with Crippen LogP contribution in [0.5, 0.6) is 5.75 Å². The van der Waals surface area contributed by atoms with Gasteiger partial charge in [-0.1, -0.05) is 42.5 Å². The zero-order valence-corrected chi connectivity index (χ0v) is 19.4. The smallest absolute Gasteiger partial charge is 0.251 e. The number of carbonyl (C=O) groups is 1. The predicted octanol–water partition coefficient (Wildman–Crippen LogP) is 5.48. The predicted molar refractivity (Wildman–Crippen MR) is 133 cm³/mol. The summed E-state index contributed by atoms with van der Waals surface area (Å²) in [5.74, 6) is 1.98. The summed E-state index contributed by atoms with van der Waals surface area (Å²) < 4.78 is 8.35. The molecule has 0 aliphatic carbocycles. The van der Waals surface area contributed by atoms with Gasteiger partial charge in [-0.15, -0.1) is 0 Å². The van der Waals surface area contributed by atoms with Crippen LogP contribution in [0.1, 0.15) is 40.2 Å². The minimum absolute atomic E-state index is 0.0345. The van der Waals surface area contributed by atoms with Gasteiger partial charge in [0.15, 0.2) is 0 Å². The van der Waals surface area contributed by atoms with Crippen molar-refractivity contribution in [2.24, 2.45) is 0 Å². The molecule has 0 aliphatic rings. The number of aryl methyl sites for hydroxylation is 3. The van der Waals surface area contributed by atoms with Gasteiger partial charge >= 0.3 is 0 Å².